The van der Waals surface area contributed by atoms with E-state index in [-0.39, 0.29) is 11.9 Å². The quantitative estimate of drug-likeness (QED) is 0.742. The number of esters is 1. The van der Waals surface area contributed by atoms with Crippen molar-refractivity contribution in [1.82, 2.24) is 0 Å². The van der Waals surface area contributed by atoms with Crippen molar-refractivity contribution >= 4 is 22.3 Å². The van der Waals surface area contributed by atoms with Crippen LogP contribution in [0.1, 0.15) is 18.9 Å². The summed E-state index contributed by atoms with van der Waals surface area (Å²) in [6.07, 6.45) is 0.807. The second-order valence-corrected chi connectivity index (χ2v) is 4.81. The summed E-state index contributed by atoms with van der Waals surface area (Å²) in [6.45, 7) is 4.81. The Morgan fingerprint density at radius 2 is 2.31 bits per heavy atom. The van der Waals surface area contributed by atoms with Gasteiger partial charge in [-0.2, -0.15) is 0 Å². The van der Waals surface area contributed by atoms with E-state index >= 15 is 0 Å². The number of carbonyl (C=O) groups is 1. The molecule has 1 unspecified atom stereocenters. The number of nitrogens with zero attached hydrogens (tertiary/aromatic N) is 1. The number of ether oxygens (including phenoxy) is 1. The molecule has 0 aliphatic carbocycles. The van der Waals surface area contributed by atoms with Crippen molar-refractivity contribution in [3.8, 4) is 0 Å². The lowest BCUT2D eigenvalue weighted by molar-refractivity contribution is -0.145. The average Bonchev–Trinajstić information content (AvgIpc) is 2.71. The molecule has 0 fully saturated rings. The zero-order valence-corrected chi connectivity index (χ0v) is 11.1. The molecule has 1 heterocycles. The van der Waals surface area contributed by atoms with E-state index in [0.29, 0.717) is 6.54 Å². The third kappa shape index (κ3) is 2.98. The lowest BCUT2D eigenvalue weighted by Gasteiger charge is -2.22. The van der Waals surface area contributed by atoms with E-state index in [0.717, 1.165) is 6.42 Å². The smallest absolute Gasteiger partial charge is 0.310 e. The highest BCUT2D eigenvalue weighted by Crippen LogP contribution is 2.26. The highest BCUT2D eigenvalue weighted by atomic mass is 32.1. The normalized spacial score (nSPS) is 12.2. The molecule has 16 heavy (non-hydrogen) atoms. The Hall–Kier alpha value is -1.03. The van der Waals surface area contributed by atoms with Gasteiger partial charge in [0.15, 0.2) is 0 Å². The van der Waals surface area contributed by atoms with Gasteiger partial charge in [0.05, 0.1) is 18.0 Å². The Labute approximate surface area is 101 Å². The SMILES string of the molecule is CCC(CN(C)c1sccc1C)C(=O)OC. The molecule has 90 valence electrons. The van der Waals surface area contributed by atoms with Crippen LogP contribution in [0.2, 0.25) is 0 Å². The van der Waals surface area contributed by atoms with E-state index in [1.807, 2.05) is 14.0 Å². The molecule has 1 aromatic rings. The van der Waals surface area contributed by atoms with Crippen LogP contribution in [0.25, 0.3) is 0 Å². The Kier molecular flexibility index (Phi) is 4.80. The molecule has 4 heteroatoms. The molecular weight excluding hydrogens is 222 g/mol. The molecule has 0 aliphatic heterocycles. The van der Waals surface area contributed by atoms with Gasteiger partial charge < -0.3 is 9.64 Å². The van der Waals surface area contributed by atoms with Crippen molar-refractivity contribution in [3.63, 3.8) is 0 Å². The molecule has 1 aromatic heterocycles. The minimum absolute atomic E-state index is 0.0449. The molecular formula is C12H19NO2S. The molecule has 0 saturated heterocycles. The van der Waals surface area contributed by atoms with Crippen molar-refractivity contribution in [1.29, 1.82) is 0 Å². The number of hydrogen-bond donors (Lipinski definition) is 0. The van der Waals surface area contributed by atoms with Crippen LogP contribution < -0.4 is 4.90 Å². The number of hydrogen-bond acceptors (Lipinski definition) is 4. The van der Waals surface area contributed by atoms with Crippen LogP contribution in [0.3, 0.4) is 0 Å². The maximum absolute atomic E-state index is 11.5. The van der Waals surface area contributed by atoms with E-state index in [9.17, 15) is 4.79 Å². The second kappa shape index (κ2) is 5.89. The lowest BCUT2D eigenvalue weighted by Crippen LogP contribution is -2.30. The van der Waals surface area contributed by atoms with Gasteiger partial charge in [-0.15, -0.1) is 11.3 Å². The second-order valence-electron chi connectivity index (χ2n) is 3.92. The van der Waals surface area contributed by atoms with Crippen LogP contribution in [0.15, 0.2) is 11.4 Å². The zero-order valence-electron chi connectivity index (χ0n) is 10.3. The van der Waals surface area contributed by atoms with Gasteiger partial charge in [0.1, 0.15) is 0 Å². The molecule has 0 radical (unpaired) electrons. The van der Waals surface area contributed by atoms with Gasteiger partial charge in [-0.05, 0) is 30.4 Å². The van der Waals surface area contributed by atoms with E-state index in [2.05, 4.69) is 23.3 Å². The number of methoxy groups -OCH3 is 1. The number of anilines is 1. The number of thiophene rings is 1. The summed E-state index contributed by atoms with van der Waals surface area (Å²) in [5.74, 6) is -0.167. The summed E-state index contributed by atoms with van der Waals surface area (Å²) in [7, 11) is 3.46. The van der Waals surface area contributed by atoms with Crippen LogP contribution in [0, 0.1) is 12.8 Å². The highest BCUT2D eigenvalue weighted by Gasteiger charge is 2.20. The predicted molar refractivity (Wildman–Crippen MR) is 68.1 cm³/mol. The summed E-state index contributed by atoms with van der Waals surface area (Å²) < 4.78 is 4.79. The van der Waals surface area contributed by atoms with Gasteiger partial charge in [-0.3, -0.25) is 4.79 Å². The molecule has 0 saturated carbocycles. The molecule has 0 bridgehead atoms. The van der Waals surface area contributed by atoms with Crippen molar-refractivity contribution in [3.05, 3.63) is 17.0 Å². The first kappa shape index (κ1) is 13.0. The predicted octanol–water partition coefficient (Wildman–Crippen LogP) is 2.69. The van der Waals surface area contributed by atoms with Crippen LogP contribution in [0.5, 0.6) is 0 Å². The van der Waals surface area contributed by atoms with Crippen molar-refractivity contribution < 1.29 is 9.53 Å². The van der Waals surface area contributed by atoms with Gasteiger partial charge in [-0.1, -0.05) is 6.92 Å². The third-order valence-corrected chi connectivity index (χ3v) is 3.83. The first-order valence-corrected chi connectivity index (χ1v) is 6.31. The summed E-state index contributed by atoms with van der Waals surface area (Å²) >= 11 is 1.70. The first-order valence-electron chi connectivity index (χ1n) is 5.43. The summed E-state index contributed by atoms with van der Waals surface area (Å²) in [6, 6.07) is 2.09. The molecule has 1 atom stereocenters. The largest absolute Gasteiger partial charge is 0.469 e. The standard InChI is InChI=1S/C12H19NO2S/c1-5-10(12(14)15-4)8-13(3)11-9(2)6-7-16-11/h6-7,10H,5,8H2,1-4H3. The van der Waals surface area contributed by atoms with Gasteiger partial charge in [-0.25, -0.2) is 0 Å². The molecule has 0 N–H and O–H groups in total. The fourth-order valence-electron chi connectivity index (χ4n) is 1.71. The molecule has 0 aromatic carbocycles. The van der Waals surface area contributed by atoms with Crippen molar-refractivity contribution in [2.45, 2.75) is 20.3 Å². The van der Waals surface area contributed by atoms with E-state index in [4.69, 9.17) is 4.74 Å². The maximum atomic E-state index is 11.5. The van der Waals surface area contributed by atoms with E-state index in [1.165, 1.54) is 17.7 Å². The minimum atomic E-state index is -0.122. The number of rotatable bonds is 5. The molecule has 0 aliphatic rings. The molecule has 3 nitrogen and oxygen atoms in total. The Morgan fingerprint density at radius 3 is 2.75 bits per heavy atom. The first-order chi connectivity index (χ1) is 7.60. The van der Waals surface area contributed by atoms with Crippen LogP contribution in [-0.4, -0.2) is 26.7 Å². The van der Waals surface area contributed by atoms with Gasteiger partial charge in [0, 0.05) is 13.6 Å². The van der Waals surface area contributed by atoms with E-state index in [1.54, 1.807) is 11.3 Å². The van der Waals surface area contributed by atoms with E-state index < -0.39 is 0 Å². The molecule has 0 amide bonds. The van der Waals surface area contributed by atoms with Crippen LogP contribution in [0.4, 0.5) is 5.00 Å². The summed E-state index contributed by atoms with van der Waals surface area (Å²) in [5, 5.41) is 3.29. The Bertz CT molecular complexity index is 349. The topological polar surface area (TPSA) is 29.5 Å². The van der Waals surface area contributed by atoms with Crippen LogP contribution in [-0.2, 0) is 9.53 Å². The lowest BCUT2D eigenvalue weighted by atomic mass is 10.1. The summed E-state index contributed by atoms with van der Waals surface area (Å²) in [4.78, 5) is 13.6. The van der Waals surface area contributed by atoms with Gasteiger partial charge in [0.25, 0.3) is 0 Å². The fraction of sp³-hybridized carbons (Fsp3) is 0.583. The van der Waals surface area contributed by atoms with Gasteiger partial charge in [0.2, 0.25) is 0 Å². The number of carbonyl (C=O) groups excluding carboxylic acids is 1. The van der Waals surface area contributed by atoms with Crippen molar-refractivity contribution in [2.75, 3.05) is 25.6 Å². The third-order valence-electron chi connectivity index (χ3n) is 2.70. The Balaban J connectivity index is 2.66. The Morgan fingerprint density at radius 1 is 1.62 bits per heavy atom. The number of aryl methyl sites for hydroxylation is 1. The fourth-order valence-corrected chi connectivity index (χ4v) is 2.62. The molecule has 0 spiro atoms. The van der Waals surface area contributed by atoms with Gasteiger partial charge >= 0.3 is 5.97 Å². The zero-order chi connectivity index (χ0) is 12.1. The molecule has 1 rings (SSSR count). The highest BCUT2D eigenvalue weighted by molar-refractivity contribution is 7.14. The average molecular weight is 241 g/mol. The maximum Gasteiger partial charge on any atom is 0.310 e. The van der Waals surface area contributed by atoms with Crippen molar-refractivity contribution in [2.24, 2.45) is 5.92 Å². The summed E-state index contributed by atoms with van der Waals surface area (Å²) in [5.41, 5.74) is 1.26. The minimum Gasteiger partial charge on any atom is -0.469 e. The van der Waals surface area contributed by atoms with Crippen LogP contribution >= 0.6 is 11.3 Å². The monoisotopic (exact) mass is 241 g/mol.